The van der Waals surface area contributed by atoms with E-state index in [1.165, 1.54) is 0 Å². The molecule has 1 aromatic rings. The largest absolute Gasteiger partial charge is 0.454 e. The van der Waals surface area contributed by atoms with Crippen molar-refractivity contribution < 1.29 is 9.47 Å². The molecule has 0 bridgehead atoms. The summed E-state index contributed by atoms with van der Waals surface area (Å²) < 4.78 is 10.5. The highest BCUT2D eigenvalue weighted by atomic mass is 79.9. The molecular formula is C10H10BrNO2. The van der Waals surface area contributed by atoms with Crippen LogP contribution in [0.15, 0.2) is 23.2 Å². The summed E-state index contributed by atoms with van der Waals surface area (Å²) in [6.45, 7) is 1.10. The third-order valence-corrected chi connectivity index (χ3v) is 2.21. The van der Waals surface area contributed by atoms with E-state index in [2.05, 4.69) is 20.9 Å². The van der Waals surface area contributed by atoms with E-state index in [-0.39, 0.29) is 0 Å². The van der Waals surface area contributed by atoms with Gasteiger partial charge in [0.05, 0.1) is 0 Å². The predicted octanol–water partition coefficient (Wildman–Crippen LogP) is 2.23. The third kappa shape index (κ3) is 2.07. The second-order valence-electron chi connectivity index (χ2n) is 2.84. The first kappa shape index (κ1) is 9.52. The zero-order valence-electron chi connectivity index (χ0n) is 7.57. The molecule has 0 saturated heterocycles. The van der Waals surface area contributed by atoms with Crippen molar-refractivity contribution in [2.45, 2.75) is 0 Å². The zero-order chi connectivity index (χ0) is 9.80. The molecule has 0 amide bonds. The van der Waals surface area contributed by atoms with Crippen LogP contribution in [0.3, 0.4) is 0 Å². The van der Waals surface area contributed by atoms with Crippen LogP contribution in [0.4, 0.5) is 0 Å². The Morgan fingerprint density at radius 1 is 1.36 bits per heavy atom. The van der Waals surface area contributed by atoms with Gasteiger partial charge in [-0.15, -0.1) is 0 Å². The Morgan fingerprint density at radius 3 is 3.07 bits per heavy atom. The lowest BCUT2D eigenvalue weighted by atomic mass is 10.2. The van der Waals surface area contributed by atoms with Gasteiger partial charge in [-0.3, -0.25) is 4.99 Å². The van der Waals surface area contributed by atoms with Gasteiger partial charge in [0.15, 0.2) is 11.5 Å². The van der Waals surface area contributed by atoms with Gasteiger partial charge in [-0.05, 0) is 23.8 Å². The van der Waals surface area contributed by atoms with E-state index in [1.807, 2.05) is 24.4 Å². The number of alkyl halides is 1. The highest BCUT2D eigenvalue weighted by Gasteiger charge is 2.12. The molecule has 0 unspecified atom stereocenters. The van der Waals surface area contributed by atoms with E-state index in [0.717, 1.165) is 28.9 Å². The third-order valence-electron chi connectivity index (χ3n) is 1.85. The molecule has 0 fully saturated rings. The number of nitrogens with zero attached hydrogens (tertiary/aromatic N) is 1. The Kier molecular flexibility index (Phi) is 3.03. The molecule has 0 radical (unpaired) electrons. The minimum absolute atomic E-state index is 0.317. The Hall–Kier alpha value is -1.03. The Morgan fingerprint density at radius 2 is 2.21 bits per heavy atom. The number of benzene rings is 1. The van der Waals surface area contributed by atoms with E-state index < -0.39 is 0 Å². The van der Waals surface area contributed by atoms with Crippen molar-refractivity contribution in [3.63, 3.8) is 0 Å². The summed E-state index contributed by atoms with van der Waals surface area (Å²) in [5, 5.41) is 0.883. The Balaban J connectivity index is 2.12. The molecule has 0 atom stereocenters. The van der Waals surface area contributed by atoms with Crippen molar-refractivity contribution in [1.29, 1.82) is 0 Å². The number of rotatable bonds is 3. The monoisotopic (exact) mass is 255 g/mol. The van der Waals surface area contributed by atoms with E-state index >= 15 is 0 Å². The summed E-state index contributed by atoms with van der Waals surface area (Å²) in [5.74, 6) is 1.61. The number of halogens is 1. The molecule has 0 aliphatic carbocycles. The predicted molar refractivity (Wildman–Crippen MR) is 58.8 cm³/mol. The van der Waals surface area contributed by atoms with E-state index in [4.69, 9.17) is 9.47 Å². The van der Waals surface area contributed by atoms with Crippen LogP contribution in [0.5, 0.6) is 11.5 Å². The lowest BCUT2D eigenvalue weighted by molar-refractivity contribution is 0.174. The zero-order valence-corrected chi connectivity index (χ0v) is 9.16. The van der Waals surface area contributed by atoms with Gasteiger partial charge in [0.1, 0.15) is 0 Å². The van der Waals surface area contributed by atoms with Crippen molar-refractivity contribution >= 4 is 22.1 Å². The van der Waals surface area contributed by atoms with Gasteiger partial charge in [-0.2, -0.15) is 0 Å². The fourth-order valence-corrected chi connectivity index (χ4v) is 1.42. The van der Waals surface area contributed by atoms with Gasteiger partial charge in [0.25, 0.3) is 0 Å². The smallest absolute Gasteiger partial charge is 0.231 e. The van der Waals surface area contributed by atoms with Crippen LogP contribution in [-0.4, -0.2) is 24.9 Å². The maximum absolute atomic E-state index is 5.25. The molecule has 0 aromatic heterocycles. The maximum Gasteiger partial charge on any atom is 0.231 e. The minimum Gasteiger partial charge on any atom is -0.454 e. The molecule has 1 heterocycles. The average molecular weight is 256 g/mol. The van der Waals surface area contributed by atoms with Gasteiger partial charge in [-0.1, -0.05) is 15.9 Å². The van der Waals surface area contributed by atoms with E-state index in [1.54, 1.807) is 0 Å². The van der Waals surface area contributed by atoms with E-state index in [9.17, 15) is 0 Å². The number of hydrogen-bond acceptors (Lipinski definition) is 3. The number of hydrogen-bond donors (Lipinski definition) is 0. The normalized spacial score (nSPS) is 13.8. The van der Waals surface area contributed by atoms with Crippen molar-refractivity contribution in [2.24, 2.45) is 4.99 Å². The first-order chi connectivity index (χ1) is 6.90. The van der Waals surface area contributed by atoms with Crippen LogP contribution in [0.2, 0.25) is 0 Å². The van der Waals surface area contributed by atoms with Crippen LogP contribution in [0, 0.1) is 0 Å². The summed E-state index contributed by atoms with van der Waals surface area (Å²) in [4.78, 5) is 4.22. The van der Waals surface area contributed by atoms with Crippen molar-refractivity contribution in [3.05, 3.63) is 23.8 Å². The second kappa shape index (κ2) is 4.46. The summed E-state index contributed by atoms with van der Waals surface area (Å²) >= 11 is 3.31. The van der Waals surface area contributed by atoms with Crippen LogP contribution >= 0.6 is 15.9 Å². The summed E-state index contributed by atoms with van der Waals surface area (Å²) in [6, 6.07) is 5.79. The molecule has 1 aliphatic heterocycles. The van der Waals surface area contributed by atoms with Gasteiger partial charge in [0, 0.05) is 18.1 Å². The van der Waals surface area contributed by atoms with Gasteiger partial charge >= 0.3 is 0 Å². The Labute approximate surface area is 90.9 Å². The standard InChI is InChI=1S/C10H10BrNO2/c11-3-4-12-6-8-1-2-9-10(5-8)14-7-13-9/h1-2,5-6H,3-4,7H2. The number of ether oxygens (including phenoxy) is 2. The molecule has 3 nitrogen and oxygen atoms in total. The first-order valence-electron chi connectivity index (χ1n) is 4.35. The fraction of sp³-hybridized carbons (Fsp3) is 0.300. The molecule has 1 aliphatic rings. The van der Waals surface area contributed by atoms with Crippen LogP contribution < -0.4 is 9.47 Å². The summed E-state index contributed by atoms with van der Waals surface area (Å²) in [5.41, 5.74) is 1.04. The molecule has 0 saturated carbocycles. The van der Waals surface area contributed by atoms with Crippen LogP contribution in [-0.2, 0) is 0 Å². The Bertz CT molecular complexity index is 352. The average Bonchev–Trinajstić information content (AvgIpc) is 2.65. The highest BCUT2D eigenvalue weighted by Crippen LogP contribution is 2.31. The van der Waals surface area contributed by atoms with Crippen LogP contribution in [0.1, 0.15) is 5.56 Å². The molecule has 2 rings (SSSR count). The van der Waals surface area contributed by atoms with Crippen LogP contribution in [0.25, 0.3) is 0 Å². The quantitative estimate of drug-likeness (QED) is 0.613. The highest BCUT2D eigenvalue weighted by molar-refractivity contribution is 9.09. The summed E-state index contributed by atoms with van der Waals surface area (Å²) in [7, 11) is 0. The topological polar surface area (TPSA) is 30.8 Å². The second-order valence-corrected chi connectivity index (χ2v) is 3.63. The lowest BCUT2D eigenvalue weighted by Gasteiger charge is -1.96. The minimum atomic E-state index is 0.317. The molecule has 14 heavy (non-hydrogen) atoms. The maximum atomic E-state index is 5.25. The molecule has 74 valence electrons. The van der Waals surface area contributed by atoms with E-state index in [0.29, 0.717) is 6.79 Å². The van der Waals surface area contributed by atoms with Gasteiger partial charge in [-0.25, -0.2) is 0 Å². The summed E-state index contributed by atoms with van der Waals surface area (Å²) in [6.07, 6.45) is 1.84. The van der Waals surface area contributed by atoms with Crippen molar-refractivity contribution in [3.8, 4) is 11.5 Å². The first-order valence-corrected chi connectivity index (χ1v) is 5.48. The SMILES string of the molecule is BrCCN=Cc1ccc2c(c1)OCO2. The van der Waals surface area contributed by atoms with Crippen molar-refractivity contribution in [2.75, 3.05) is 18.7 Å². The molecule has 0 spiro atoms. The van der Waals surface area contributed by atoms with Gasteiger partial charge < -0.3 is 9.47 Å². The number of fused-ring (bicyclic) bond motifs is 1. The molecular weight excluding hydrogens is 246 g/mol. The molecule has 4 heteroatoms. The molecule has 0 N–H and O–H groups in total. The lowest BCUT2D eigenvalue weighted by Crippen LogP contribution is -1.92. The molecule has 1 aromatic carbocycles. The fourth-order valence-electron chi connectivity index (χ4n) is 1.21. The number of aliphatic imine (C=N–C) groups is 1. The van der Waals surface area contributed by atoms with Gasteiger partial charge in [0.2, 0.25) is 6.79 Å². The van der Waals surface area contributed by atoms with Crippen molar-refractivity contribution in [1.82, 2.24) is 0 Å².